The van der Waals surface area contributed by atoms with Gasteiger partial charge in [0.15, 0.2) is 0 Å². The first-order chi connectivity index (χ1) is 6.81. The van der Waals surface area contributed by atoms with Gasteiger partial charge in [0, 0.05) is 18.5 Å². The Morgan fingerprint density at radius 3 is 2.40 bits per heavy atom. The van der Waals surface area contributed by atoms with Crippen LogP contribution in [0.1, 0.15) is 33.1 Å². The summed E-state index contributed by atoms with van der Waals surface area (Å²) in [4.78, 5) is 2.17. The molecule has 0 saturated heterocycles. The molecule has 1 aliphatic rings. The first kappa shape index (κ1) is 12.5. The van der Waals surface area contributed by atoms with E-state index in [-0.39, 0.29) is 23.4 Å². The second kappa shape index (κ2) is 4.10. The van der Waals surface area contributed by atoms with Crippen LogP contribution in [0.2, 0.25) is 0 Å². The Balaban J connectivity index is 2.51. The summed E-state index contributed by atoms with van der Waals surface area (Å²) in [6, 6.07) is 0. The maximum atomic E-state index is 9.25. The Morgan fingerprint density at radius 1 is 1.53 bits per heavy atom. The van der Waals surface area contributed by atoms with Gasteiger partial charge in [-0.1, -0.05) is 0 Å². The van der Waals surface area contributed by atoms with E-state index in [1.165, 1.54) is 0 Å². The third kappa shape index (κ3) is 3.18. The van der Waals surface area contributed by atoms with Crippen molar-refractivity contribution in [2.75, 3.05) is 20.2 Å². The van der Waals surface area contributed by atoms with Crippen molar-refractivity contribution >= 4 is 5.84 Å². The van der Waals surface area contributed by atoms with Crippen molar-refractivity contribution < 1.29 is 5.11 Å². The van der Waals surface area contributed by atoms with E-state index >= 15 is 0 Å². The van der Waals surface area contributed by atoms with Crippen LogP contribution < -0.4 is 5.73 Å². The zero-order valence-electron chi connectivity index (χ0n) is 10.0. The monoisotopic (exact) mass is 213 g/mol. The van der Waals surface area contributed by atoms with Crippen LogP contribution in [0.3, 0.4) is 0 Å². The lowest BCUT2D eigenvalue weighted by molar-refractivity contribution is 0.0633. The fourth-order valence-corrected chi connectivity index (χ4v) is 1.81. The van der Waals surface area contributed by atoms with E-state index < -0.39 is 0 Å². The van der Waals surface area contributed by atoms with Gasteiger partial charge < -0.3 is 10.8 Å². The van der Waals surface area contributed by atoms with Crippen LogP contribution >= 0.6 is 0 Å². The molecule has 0 atom stereocenters. The number of aliphatic hydroxyl groups is 1. The standard InChI is InChI=1S/C11H23N3O/c1-10(2,8-15)14(3)7-11(4-5-11)6-9(12)13/h15H,4-8H2,1-3H3,(H3,12,13). The van der Waals surface area contributed by atoms with Gasteiger partial charge in [-0.3, -0.25) is 10.3 Å². The van der Waals surface area contributed by atoms with E-state index in [1.807, 2.05) is 20.9 Å². The lowest BCUT2D eigenvalue weighted by atomic mass is 9.97. The van der Waals surface area contributed by atoms with Crippen molar-refractivity contribution in [3.8, 4) is 0 Å². The van der Waals surface area contributed by atoms with Crippen molar-refractivity contribution in [2.24, 2.45) is 11.1 Å². The Bertz CT molecular complexity index is 246. The highest BCUT2D eigenvalue weighted by atomic mass is 16.3. The topological polar surface area (TPSA) is 73.3 Å². The fraction of sp³-hybridized carbons (Fsp3) is 0.909. The van der Waals surface area contributed by atoms with E-state index in [4.69, 9.17) is 11.1 Å². The zero-order valence-corrected chi connectivity index (χ0v) is 10.0. The van der Waals surface area contributed by atoms with Crippen LogP contribution in [0.25, 0.3) is 0 Å². The van der Waals surface area contributed by atoms with Crippen LogP contribution in [-0.2, 0) is 0 Å². The van der Waals surface area contributed by atoms with Crippen LogP contribution in [-0.4, -0.2) is 41.6 Å². The van der Waals surface area contributed by atoms with Crippen molar-refractivity contribution in [3.05, 3.63) is 0 Å². The quantitative estimate of drug-likeness (QED) is 0.451. The SMILES string of the molecule is CN(CC1(CC(=N)N)CC1)C(C)(C)CO. The minimum atomic E-state index is -0.188. The minimum Gasteiger partial charge on any atom is -0.394 e. The first-order valence-electron chi connectivity index (χ1n) is 5.46. The van der Waals surface area contributed by atoms with Gasteiger partial charge in [-0.05, 0) is 39.2 Å². The molecule has 0 spiro atoms. The summed E-state index contributed by atoms with van der Waals surface area (Å²) in [6.07, 6.45) is 3.00. The smallest absolute Gasteiger partial charge is 0.0911 e. The van der Waals surface area contributed by atoms with Crippen LogP contribution in [0, 0.1) is 10.8 Å². The minimum absolute atomic E-state index is 0.152. The van der Waals surface area contributed by atoms with Gasteiger partial charge >= 0.3 is 0 Å². The highest BCUT2D eigenvalue weighted by Gasteiger charge is 2.45. The third-order valence-electron chi connectivity index (χ3n) is 3.52. The molecular weight excluding hydrogens is 190 g/mol. The molecule has 0 amide bonds. The van der Waals surface area contributed by atoms with Crippen LogP contribution in [0.15, 0.2) is 0 Å². The number of nitrogens with two attached hydrogens (primary N) is 1. The third-order valence-corrected chi connectivity index (χ3v) is 3.52. The van der Waals surface area contributed by atoms with E-state index in [1.54, 1.807) is 0 Å². The molecule has 0 aliphatic heterocycles. The number of aliphatic hydroxyl groups excluding tert-OH is 1. The average molecular weight is 213 g/mol. The second-order valence-electron chi connectivity index (χ2n) is 5.53. The molecule has 0 bridgehead atoms. The lowest BCUT2D eigenvalue weighted by Crippen LogP contribution is -2.47. The molecule has 0 heterocycles. The van der Waals surface area contributed by atoms with E-state index in [0.717, 1.165) is 19.4 Å². The molecule has 4 N–H and O–H groups in total. The molecular formula is C11H23N3O. The summed E-state index contributed by atoms with van der Waals surface area (Å²) in [5.74, 6) is 0.280. The Hall–Kier alpha value is -0.610. The number of hydrogen-bond donors (Lipinski definition) is 3. The van der Waals surface area contributed by atoms with Crippen molar-refractivity contribution in [1.82, 2.24) is 4.90 Å². The highest BCUT2D eigenvalue weighted by Crippen LogP contribution is 2.49. The predicted molar refractivity (Wildman–Crippen MR) is 62.0 cm³/mol. The van der Waals surface area contributed by atoms with E-state index in [2.05, 4.69) is 4.90 Å². The highest BCUT2D eigenvalue weighted by molar-refractivity contribution is 5.78. The number of nitrogens with one attached hydrogen (secondary N) is 1. The van der Waals surface area contributed by atoms with Crippen molar-refractivity contribution in [3.63, 3.8) is 0 Å². The van der Waals surface area contributed by atoms with Crippen LogP contribution in [0.5, 0.6) is 0 Å². The van der Waals surface area contributed by atoms with E-state index in [9.17, 15) is 5.11 Å². The van der Waals surface area contributed by atoms with Gasteiger partial charge in [0.05, 0.1) is 12.4 Å². The molecule has 0 aromatic rings. The van der Waals surface area contributed by atoms with E-state index in [0.29, 0.717) is 6.42 Å². The molecule has 0 radical (unpaired) electrons. The van der Waals surface area contributed by atoms with Crippen LogP contribution in [0.4, 0.5) is 0 Å². The molecule has 15 heavy (non-hydrogen) atoms. The summed E-state index contributed by atoms with van der Waals surface area (Å²) >= 11 is 0. The summed E-state index contributed by atoms with van der Waals surface area (Å²) in [5, 5.41) is 16.6. The number of nitrogens with zero attached hydrogens (tertiary/aromatic N) is 1. The maximum absolute atomic E-state index is 9.25. The molecule has 0 unspecified atom stereocenters. The average Bonchev–Trinajstić information content (AvgIpc) is 2.83. The molecule has 1 rings (SSSR count). The second-order valence-corrected chi connectivity index (χ2v) is 5.53. The Labute approximate surface area is 92.0 Å². The lowest BCUT2D eigenvalue weighted by Gasteiger charge is -2.36. The molecule has 1 fully saturated rings. The maximum Gasteiger partial charge on any atom is 0.0911 e. The number of hydrogen-bond acceptors (Lipinski definition) is 3. The Morgan fingerprint density at radius 2 is 2.07 bits per heavy atom. The summed E-state index contributed by atoms with van der Waals surface area (Å²) in [5.41, 5.74) is 5.48. The zero-order chi connectivity index (χ0) is 11.7. The van der Waals surface area contributed by atoms with Crippen molar-refractivity contribution in [2.45, 2.75) is 38.6 Å². The summed E-state index contributed by atoms with van der Waals surface area (Å²) < 4.78 is 0. The summed E-state index contributed by atoms with van der Waals surface area (Å²) in [7, 11) is 2.02. The van der Waals surface area contributed by atoms with Gasteiger partial charge in [0.25, 0.3) is 0 Å². The summed E-state index contributed by atoms with van der Waals surface area (Å²) in [6.45, 7) is 5.12. The Kier molecular flexibility index (Phi) is 3.41. The molecule has 1 saturated carbocycles. The van der Waals surface area contributed by atoms with Gasteiger partial charge in [-0.25, -0.2) is 0 Å². The van der Waals surface area contributed by atoms with Gasteiger partial charge in [0.2, 0.25) is 0 Å². The predicted octanol–water partition coefficient (Wildman–Crippen LogP) is 0.795. The molecule has 1 aliphatic carbocycles. The number of likely N-dealkylation sites (N-methyl/N-ethyl adjacent to an activating group) is 1. The normalized spacial score (nSPS) is 19.3. The molecule has 4 heteroatoms. The van der Waals surface area contributed by atoms with Gasteiger partial charge in [-0.15, -0.1) is 0 Å². The molecule has 0 aromatic carbocycles. The number of amidine groups is 1. The van der Waals surface area contributed by atoms with Gasteiger partial charge in [-0.2, -0.15) is 0 Å². The molecule has 0 aromatic heterocycles. The molecule has 88 valence electrons. The van der Waals surface area contributed by atoms with Gasteiger partial charge in [0.1, 0.15) is 0 Å². The molecule has 4 nitrogen and oxygen atoms in total. The fourth-order valence-electron chi connectivity index (χ4n) is 1.81. The largest absolute Gasteiger partial charge is 0.394 e. The number of rotatable bonds is 6. The first-order valence-corrected chi connectivity index (χ1v) is 5.46. The van der Waals surface area contributed by atoms with Crippen molar-refractivity contribution in [1.29, 1.82) is 5.41 Å².